The molecule has 162 valence electrons. The molecule has 2 aliphatic rings. The fraction of sp³-hybridized carbons (Fsp3) is 0.586. The van der Waals surface area contributed by atoms with Gasteiger partial charge in [-0.25, -0.2) is 0 Å². The SMILES string of the molecule is CCCCCCC1CC[C@@H]2C[C@H](c3ccc(-c4ccc(OC)cc4)cc3)CC[C@@H]2C1. The van der Waals surface area contributed by atoms with E-state index < -0.39 is 0 Å². The molecule has 2 aromatic carbocycles. The predicted molar refractivity (Wildman–Crippen MR) is 128 cm³/mol. The van der Waals surface area contributed by atoms with Crippen molar-refractivity contribution in [1.29, 1.82) is 0 Å². The van der Waals surface area contributed by atoms with E-state index in [9.17, 15) is 0 Å². The quantitative estimate of drug-likeness (QED) is 0.400. The fourth-order valence-electron chi connectivity index (χ4n) is 6.14. The molecule has 0 aromatic heterocycles. The third kappa shape index (κ3) is 5.29. The molecule has 0 spiro atoms. The second-order valence-electron chi connectivity index (χ2n) is 9.91. The zero-order chi connectivity index (χ0) is 20.8. The lowest BCUT2D eigenvalue weighted by atomic mass is 9.63. The minimum absolute atomic E-state index is 0.775. The summed E-state index contributed by atoms with van der Waals surface area (Å²) in [4.78, 5) is 0. The van der Waals surface area contributed by atoms with E-state index in [0.717, 1.165) is 29.4 Å². The maximum absolute atomic E-state index is 5.28. The third-order valence-electron chi connectivity index (χ3n) is 7.99. The normalized spacial score (nSPS) is 26.2. The number of rotatable bonds is 8. The van der Waals surface area contributed by atoms with Crippen LogP contribution in [0.2, 0.25) is 0 Å². The molecule has 0 bridgehead atoms. The van der Waals surface area contributed by atoms with E-state index in [1.54, 1.807) is 12.7 Å². The number of hydrogen-bond acceptors (Lipinski definition) is 1. The molecule has 30 heavy (non-hydrogen) atoms. The zero-order valence-electron chi connectivity index (χ0n) is 19.1. The average molecular weight is 405 g/mol. The van der Waals surface area contributed by atoms with Crippen LogP contribution in [-0.2, 0) is 0 Å². The third-order valence-corrected chi connectivity index (χ3v) is 7.99. The van der Waals surface area contributed by atoms with Gasteiger partial charge in [-0.05, 0) is 84.6 Å². The Morgan fingerprint density at radius 3 is 2.10 bits per heavy atom. The molecule has 0 saturated heterocycles. The van der Waals surface area contributed by atoms with Gasteiger partial charge in [-0.2, -0.15) is 0 Å². The van der Waals surface area contributed by atoms with Crippen molar-refractivity contribution in [1.82, 2.24) is 0 Å². The van der Waals surface area contributed by atoms with E-state index in [4.69, 9.17) is 4.74 Å². The predicted octanol–water partition coefficient (Wildman–Crippen LogP) is 8.63. The first-order valence-corrected chi connectivity index (χ1v) is 12.5. The number of benzene rings is 2. The molecule has 0 radical (unpaired) electrons. The molecule has 0 aliphatic heterocycles. The van der Waals surface area contributed by atoms with Gasteiger partial charge in [-0.1, -0.05) is 81.8 Å². The lowest BCUT2D eigenvalue weighted by Gasteiger charge is -2.42. The lowest BCUT2D eigenvalue weighted by molar-refractivity contribution is 0.113. The largest absolute Gasteiger partial charge is 0.497 e. The second-order valence-corrected chi connectivity index (χ2v) is 9.91. The van der Waals surface area contributed by atoms with Gasteiger partial charge in [0.1, 0.15) is 5.75 Å². The van der Waals surface area contributed by atoms with Gasteiger partial charge in [-0.3, -0.25) is 0 Å². The summed E-state index contributed by atoms with van der Waals surface area (Å²) in [5.41, 5.74) is 4.13. The van der Waals surface area contributed by atoms with Crippen LogP contribution in [0.1, 0.15) is 89.0 Å². The summed E-state index contributed by atoms with van der Waals surface area (Å²) in [6, 6.07) is 17.8. The maximum Gasteiger partial charge on any atom is 0.118 e. The lowest BCUT2D eigenvalue weighted by Crippen LogP contribution is -2.30. The summed E-state index contributed by atoms with van der Waals surface area (Å²) in [6.45, 7) is 2.32. The van der Waals surface area contributed by atoms with Crippen LogP contribution in [0.5, 0.6) is 5.75 Å². The molecule has 0 heterocycles. The number of hydrogen-bond donors (Lipinski definition) is 0. The van der Waals surface area contributed by atoms with E-state index in [2.05, 4.69) is 43.3 Å². The van der Waals surface area contributed by atoms with Crippen LogP contribution in [0.15, 0.2) is 48.5 Å². The van der Waals surface area contributed by atoms with Crippen molar-refractivity contribution in [2.24, 2.45) is 17.8 Å². The molecule has 0 N–H and O–H groups in total. The van der Waals surface area contributed by atoms with Crippen LogP contribution in [0.3, 0.4) is 0 Å². The molecule has 4 rings (SSSR count). The molecule has 1 nitrogen and oxygen atoms in total. The first-order valence-electron chi connectivity index (χ1n) is 12.5. The Labute approximate surface area is 184 Å². The smallest absolute Gasteiger partial charge is 0.118 e. The van der Waals surface area contributed by atoms with Crippen molar-refractivity contribution >= 4 is 0 Å². The summed E-state index contributed by atoms with van der Waals surface area (Å²) >= 11 is 0. The van der Waals surface area contributed by atoms with Crippen LogP contribution in [0, 0.1) is 17.8 Å². The molecule has 2 aromatic rings. The van der Waals surface area contributed by atoms with E-state index >= 15 is 0 Å². The van der Waals surface area contributed by atoms with E-state index in [0.29, 0.717) is 0 Å². The number of fused-ring (bicyclic) bond motifs is 1. The minimum Gasteiger partial charge on any atom is -0.497 e. The highest BCUT2D eigenvalue weighted by Gasteiger charge is 2.35. The highest BCUT2D eigenvalue weighted by atomic mass is 16.5. The van der Waals surface area contributed by atoms with Gasteiger partial charge >= 0.3 is 0 Å². The molecule has 2 aliphatic carbocycles. The van der Waals surface area contributed by atoms with Crippen molar-refractivity contribution in [3.8, 4) is 16.9 Å². The van der Waals surface area contributed by atoms with Gasteiger partial charge in [0, 0.05) is 0 Å². The van der Waals surface area contributed by atoms with Crippen LogP contribution < -0.4 is 4.74 Å². The standard InChI is InChI=1S/C29H40O/c1-3-4-5-6-7-22-8-9-28-21-27(15-14-26(28)20-22)25-12-10-23(11-13-25)24-16-18-29(30-2)19-17-24/h10-13,16-19,22,26-28H,3-9,14-15,20-21H2,1-2H3/t22?,26-,27-,28-/m1/s1. The van der Waals surface area contributed by atoms with Crippen LogP contribution >= 0.6 is 0 Å². The van der Waals surface area contributed by atoms with Crippen LogP contribution in [0.25, 0.3) is 11.1 Å². The van der Waals surface area contributed by atoms with Crippen molar-refractivity contribution in [3.05, 3.63) is 54.1 Å². The Morgan fingerprint density at radius 1 is 0.733 bits per heavy atom. The topological polar surface area (TPSA) is 9.23 Å². The summed E-state index contributed by atoms with van der Waals surface area (Å²) in [6.07, 6.45) is 16.0. The number of unbranched alkanes of at least 4 members (excludes halogenated alkanes) is 3. The van der Waals surface area contributed by atoms with Gasteiger partial charge in [0.2, 0.25) is 0 Å². The molecular formula is C29H40O. The molecule has 2 saturated carbocycles. The minimum atomic E-state index is 0.775. The van der Waals surface area contributed by atoms with Gasteiger partial charge in [0.15, 0.2) is 0 Å². The summed E-state index contributed by atoms with van der Waals surface area (Å²) < 4.78 is 5.28. The maximum atomic E-state index is 5.28. The summed E-state index contributed by atoms with van der Waals surface area (Å²) in [5, 5.41) is 0. The fourth-order valence-corrected chi connectivity index (χ4v) is 6.14. The molecule has 2 fully saturated rings. The van der Waals surface area contributed by atoms with Crippen molar-refractivity contribution < 1.29 is 4.74 Å². The van der Waals surface area contributed by atoms with E-state index in [1.807, 2.05) is 12.1 Å². The Bertz CT molecular complexity index is 760. The first kappa shape index (κ1) is 21.5. The molecule has 0 amide bonds. The van der Waals surface area contributed by atoms with Crippen molar-refractivity contribution in [2.45, 2.75) is 83.5 Å². The zero-order valence-corrected chi connectivity index (χ0v) is 19.1. The molecule has 1 unspecified atom stereocenters. The Morgan fingerprint density at radius 2 is 1.40 bits per heavy atom. The van der Waals surface area contributed by atoms with Crippen LogP contribution in [-0.4, -0.2) is 7.11 Å². The van der Waals surface area contributed by atoms with Gasteiger partial charge in [-0.15, -0.1) is 0 Å². The number of ether oxygens (including phenoxy) is 1. The molecular weight excluding hydrogens is 364 g/mol. The van der Waals surface area contributed by atoms with Crippen LogP contribution in [0.4, 0.5) is 0 Å². The van der Waals surface area contributed by atoms with Gasteiger partial charge in [0.25, 0.3) is 0 Å². The van der Waals surface area contributed by atoms with Crippen molar-refractivity contribution in [3.63, 3.8) is 0 Å². The monoisotopic (exact) mass is 404 g/mol. The summed E-state index contributed by atoms with van der Waals surface area (Å²) in [5.74, 6) is 4.73. The van der Waals surface area contributed by atoms with E-state index in [1.165, 1.54) is 81.8 Å². The van der Waals surface area contributed by atoms with Gasteiger partial charge in [0.05, 0.1) is 7.11 Å². The average Bonchev–Trinajstić information content (AvgIpc) is 2.81. The first-order chi connectivity index (χ1) is 14.8. The Kier molecular flexibility index (Phi) is 7.52. The Balaban J connectivity index is 1.30. The highest BCUT2D eigenvalue weighted by Crippen LogP contribution is 2.48. The second kappa shape index (κ2) is 10.5. The molecule has 1 heteroatoms. The number of methoxy groups -OCH3 is 1. The Hall–Kier alpha value is -1.76. The summed E-state index contributed by atoms with van der Waals surface area (Å²) in [7, 11) is 1.72. The van der Waals surface area contributed by atoms with Gasteiger partial charge < -0.3 is 4.74 Å². The molecule has 4 atom stereocenters. The van der Waals surface area contributed by atoms with Crippen molar-refractivity contribution in [2.75, 3.05) is 7.11 Å². The van der Waals surface area contributed by atoms with E-state index in [-0.39, 0.29) is 0 Å². The highest BCUT2D eigenvalue weighted by molar-refractivity contribution is 5.64.